The normalized spacial score (nSPS) is 15.7. The predicted octanol–water partition coefficient (Wildman–Crippen LogP) is 4.13. The number of carbonyl (C=O) groups is 1. The van der Waals surface area contributed by atoms with E-state index in [0.717, 1.165) is 35.4 Å². The van der Waals surface area contributed by atoms with Crippen LogP contribution in [-0.2, 0) is 0 Å². The Morgan fingerprint density at radius 3 is 2.84 bits per heavy atom. The smallest absolute Gasteiger partial charge is 0.268 e. The Morgan fingerprint density at radius 1 is 1.32 bits per heavy atom. The molecular weight excluding hydrogens is 312 g/mol. The van der Waals surface area contributed by atoms with Crippen LogP contribution >= 0.6 is 0 Å². The van der Waals surface area contributed by atoms with Crippen molar-refractivity contribution in [1.29, 1.82) is 0 Å². The second-order valence-electron chi connectivity index (χ2n) is 7.37. The first-order valence-electron chi connectivity index (χ1n) is 8.97. The van der Waals surface area contributed by atoms with E-state index in [1.54, 1.807) is 0 Å². The van der Waals surface area contributed by atoms with Crippen LogP contribution in [0.15, 0.2) is 36.5 Å². The number of carbonyl (C=O) groups excluding carboxylic acids is 1. The van der Waals surface area contributed by atoms with Gasteiger partial charge in [0.05, 0.1) is 17.1 Å². The van der Waals surface area contributed by atoms with E-state index in [4.69, 9.17) is 4.98 Å². The van der Waals surface area contributed by atoms with Crippen LogP contribution < -0.4 is 5.32 Å². The van der Waals surface area contributed by atoms with E-state index in [-0.39, 0.29) is 17.9 Å². The molecule has 0 spiro atoms. The summed E-state index contributed by atoms with van der Waals surface area (Å²) in [6.45, 7) is 6.26. The molecule has 5 nitrogen and oxygen atoms in total. The highest BCUT2D eigenvalue weighted by molar-refractivity contribution is 5.93. The molecule has 1 amide bonds. The zero-order valence-electron chi connectivity index (χ0n) is 14.9. The van der Waals surface area contributed by atoms with E-state index in [9.17, 15) is 4.79 Å². The number of hydrogen-bond acceptors (Lipinski definition) is 2. The lowest BCUT2D eigenvalue weighted by molar-refractivity contribution is 0.0913. The van der Waals surface area contributed by atoms with Gasteiger partial charge < -0.3 is 14.9 Å². The number of H-pyrrole nitrogens is 1. The van der Waals surface area contributed by atoms with Crippen molar-refractivity contribution in [2.75, 3.05) is 0 Å². The molecule has 1 aliphatic carbocycles. The Morgan fingerprint density at radius 2 is 2.12 bits per heavy atom. The van der Waals surface area contributed by atoms with Gasteiger partial charge in [-0.1, -0.05) is 19.9 Å². The van der Waals surface area contributed by atoms with Gasteiger partial charge in [0, 0.05) is 12.2 Å². The van der Waals surface area contributed by atoms with Gasteiger partial charge in [0.1, 0.15) is 11.5 Å². The fourth-order valence-electron chi connectivity index (χ4n) is 3.31. The second kappa shape index (κ2) is 6.06. The number of imidazole rings is 1. The minimum Gasteiger partial charge on any atom is -0.341 e. The molecule has 0 saturated heterocycles. The van der Waals surface area contributed by atoms with E-state index >= 15 is 0 Å². The first kappa shape index (κ1) is 15.9. The van der Waals surface area contributed by atoms with Crippen LogP contribution in [0.4, 0.5) is 0 Å². The Bertz CT molecular complexity index is 917. The van der Waals surface area contributed by atoms with Crippen molar-refractivity contribution in [1.82, 2.24) is 19.9 Å². The quantitative estimate of drug-likeness (QED) is 0.736. The summed E-state index contributed by atoms with van der Waals surface area (Å²) >= 11 is 0. The lowest BCUT2D eigenvalue weighted by Gasteiger charge is -2.21. The summed E-state index contributed by atoms with van der Waals surface area (Å²) in [5, 5.41) is 3.18. The number of nitrogens with one attached hydrogen (secondary N) is 2. The molecule has 1 fully saturated rings. The minimum atomic E-state index is -0.150. The van der Waals surface area contributed by atoms with Crippen molar-refractivity contribution in [2.24, 2.45) is 5.92 Å². The molecule has 2 N–H and O–H groups in total. The molecular formula is C20H24N4O. The van der Waals surface area contributed by atoms with Gasteiger partial charge in [-0.15, -0.1) is 0 Å². The third-order valence-corrected chi connectivity index (χ3v) is 4.86. The van der Waals surface area contributed by atoms with Gasteiger partial charge in [0.15, 0.2) is 0 Å². The number of aromatic nitrogens is 3. The van der Waals surface area contributed by atoms with Crippen LogP contribution in [0.1, 0.15) is 60.6 Å². The summed E-state index contributed by atoms with van der Waals surface area (Å²) in [7, 11) is 0. The topological polar surface area (TPSA) is 62.7 Å². The third kappa shape index (κ3) is 3.06. The summed E-state index contributed by atoms with van der Waals surface area (Å²) < 4.78 is 2.09. The number of aromatic amines is 1. The largest absolute Gasteiger partial charge is 0.341 e. The summed E-state index contributed by atoms with van der Waals surface area (Å²) in [6, 6.07) is 10.3. The van der Waals surface area contributed by atoms with Crippen LogP contribution in [0.25, 0.3) is 11.0 Å². The van der Waals surface area contributed by atoms with Gasteiger partial charge in [0.2, 0.25) is 0 Å². The highest BCUT2D eigenvalue weighted by Crippen LogP contribution is 2.36. The number of benzene rings is 1. The van der Waals surface area contributed by atoms with Crippen molar-refractivity contribution in [2.45, 2.75) is 45.7 Å². The predicted molar refractivity (Wildman–Crippen MR) is 98.6 cm³/mol. The molecule has 5 heteroatoms. The van der Waals surface area contributed by atoms with Crippen molar-refractivity contribution in [3.63, 3.8) is 0 Å². The van der Waals surface area contributed by atoms with Gasteiger partial charge in [-0.05, 0) is 55.5 Å². The number of aryl methyl sites for hydroxylation is 1. The Labute approximate surface area is 147 Å². The van der Waals surface area contributed by atoms with Crippen LogP contribution in [0, 0.1) is 12.8 Å². The molecule has 25 heavy (non-hydrogen) atoms. The molecule has 1 saturated carbocycles. The molecule has 130 valence electrons. The third-order valence-electron chi connectivity index (χ3n) is 4.86. The lowest BCUT2D eigenvalue weighted by Crippen LogP contribution is -2.33. The fourth-order valence-corrected chi connectivity index (χ4v) is 3.31. The summed E-state index contributed by atoms with van der Waals surface area (Å²) in [5.74, 6) is 1.01. The molecule has 0 radical (unpaired) electrons. The fraction of sp³-hybridized carbons (Fsp3) is 0.400. The number of rotatable bonds is 5. The van der Waals surface area contributed by atoms with Crippen LogP contribution in [0.5, 0.6) is 0 Å². The van der Waals surface area contributed by atoms with E-state index in [1.165, 1.54) is 5.56 Å². The van der Waals surface area contributed by atoms with Crippen LogP contribution in [0.3, 0.4) is 0 Å². The van der Waals surface area contributed by atoms with E-state index in [2.05, 4.69) is 47.8 Å². The van der Waals surface area contributed by atoms with Crippen LogP contribution in [0.2, 0.25) is 0 Å². The molecule has 1 aromatic carbocycles. The van der Waals surface area contributed by atoms with Gasteiger partial charge in [-0.25, -0.2) is 4.98 Å². The summed E-state index contributed by atoms with van der Waals surface area (Å²) in [5.41, 5.74) is 3.87. The molecule has 0 aliphatic heterocycles. The number of hydrogen-bond donors (Lipinski definition) is 2. The number of amides is 1. The summed E-state index contributed by atoms with van der Waals surface area (Å²) in [4.78, 5) is 20.9. The van der Waals surface area contributed by atoms with Gasteiger partial charge in [-0.3, -0.25) is 4.79 Å². The minimum absolute atomic E-state index is 0.0350. The zero-order chi connectivity index (χ0) is 17.6. The number of nitrogens with zero attached hydrogens (tertiary/aromatic N) is 2. The number of fused-ring (bicyclic) bond motifs is 1. The van der Waals surface area contributed by atoms with E-state index < -0.39 is 0 Å². The molecule has 0 bridgehead atoms. The average Bonchev–Trinajstić information content (AvgIpc) is 3.15. The SMILES string of the molecule is Cc1ccc2nc([C@@H](NC(=O)c3cccn3C3CC3)C(C)C)[nH]c2c1. The Kier molecular flexibility index (Phi) is 3.86. The van der Waals surface area contributed by atoms with Crippen molar-refractivity contribution >= 4 is 16.9 Å². The first-order chi connectivity index (χ1) is 12.0. The maximum absolute atomic E-state index is 12.8. The van der Waals surface area contributed by atoms with E-state index in [0.29, 0.717) is 6.04 Å². The van der Waals surface area contributed by atoms with Crippen molar-refractivity contribution in [3.8, 4) is 0 Å². The van der Waals surface area contributed by atoms with E-state index in [1.807, 2.05) is 24.4 Å². The average molecular weight is 336 g/mol. The van der Waals surface area contributed by atoms with Crippen molar-refractivity contribution in [3.05, 3.63) is 53.6 Å². The van der Waals surface area contributed by atoms with Crippen molar-refractivity contribution < 1.29 is 4.79 Å². The molecule has 1 atom stereocenters. The molecule has 1 aliphatic rings. The first-order valence-corrected chi connectivity index (χ1v) is 8.97. The monoisotopic (exact) mass is 336 g/mol. The Hall–Kier alpha value is -2.56. The van der Waals surface area contributed by atoms with Gasteiger partial charge in [0.25, 0.3) is 5.91 Å². The maximum Gasteiger partial charge on any atom is 0.268 e. The zero-order valence-corrected chi connectivity index (χ0v) is 14.9. The molecule has 2 heterocycles. The van der Waals surface area contributed by atoms with Gasteiger partial charge in [-0.2, -0.15) is 0 Å². The second-order valence-corrected chi connectivity index (χ2v) is 7.37. The maximum atomic E-state index is 12.8. The highest BCUT2D eigenvalue weighted by Gasteiger charge is 2.28. The summed E-state index contributed by atoms with van der Waals surface area (Å²) in [6.07, 6.45) is 4.32. The molecule has 3 aromatic rings. The molecule has 0 unspecified atom stereocenters. The Balaban J connectivity index is 1.62. The molecule has 4 rings (SSSR count). The highest BCUT2D eigenvalue weighted by atomic mass is 16.2. The van der Waals surface area contributed by atoms with Gasteiger partial charge >= 0.3 is 0 Å². The lowest BCUT2D eigenvalue weighted by atomic mass is 10.0. The standard InChI is InChI=1S/C20H24N4O/c1-12(2)18(19-21-15-9-6-13(3)11-16(15)22-19)23-20(25)17-5-4-10-24(17)14-7-8-14/h4-6,9-12,14,18H,7-8H2,1-3H3,(H,21,22)(H,23,25)/t18-/m0/s1. The molecule has 2 aromatic heterocycles. The van der Waals surface area contributed by atoms with Crippen LogP contribution in [-0.4, -0.2) is 20.4 Å².